The summed E-state index contributed by atoms with van der Waals surface area (Å²) >= 11 is 0. The molecule has 7 nitrogen and oxygen atoms in total. The molecule has 0 atom stereocenters. The van der Waals surface area contributed by atoms with Crippen LogP contribution in [0.25, 0.3) is 22.3 Å². The van der Waals surface area contributed by atoms with E-state index < -0.39 is 6.09 Å². The van der Waals surface area contributed by atoms with Crippen LogP contribution in [0.2, 0.25) is 0 Å². The molecule has 1 N–H and O–H groups in total. The Morgan fingerprint density at radius 3 is 2.73 bits per heavy atom. The van der Waals surface area contributed by atoms with Gasteiger partial charge < -0.3 is 9.30 Å². The van der Waals surface area contributed by atoms with Crippen molar-refractivity contribution in [3.8, 4) is 11.3 Å². The Balaban J connectivity index is 1.42. The third-order valence-electron chi connectivity index (χ3n) is 5.19. The molecule has 154 valence electrons. The Kier molecular flexibility index (Phi) is 5.27. The summed E-state index contributed by atoms with van der Waals surface area (Å²) in [5.41, 5.74) is 7.65. The van der Waals surface area contributed by atoms with Gasteiger partial charge in [-0.05, 0) is 50.6 Å². The van der Waals surface area contributed by atoms with Crippen LogP contribution < -0.4 is 5.32 Å². The Hall–Kier alpha value is -3.61. The maximum absolute atomic E-state index is 12.3. The van der Waals surface area contributed by atoms with E-state index in [-0.39, 0.29) is 6.61 Å². The monoisotopic (exact) mass is 403 g/mol. The van der Waals surface area contributed by atoms with Gasteiger partial charge in [-0.3, -0.25) is 10.00 Å². The number of anilines is 1. The molecule has 0 fully saturated rings. The predicted octanol–water partition coefficient (Wildman–Crippen LogP) is 4.82. The number of hydrogen-bond donors (Lipinski definition) is 1. The SMILES string of the molecule is CCn1cnc2cc(NC(=O)OCc3cc(-c4ccc(C)cc4C)nn3C)ccc21. The summed E-state index contributed by atoms with van der Waals surface area (Å²) < 4.78 is 9.20. The molecule has 2 aromatic heterocycles. The first-order valence-electron chi connectivity index (χ1n) is 9.94. The number of amides is 1. The number of rotatable bonds is 5. The van der Waals surface area contributed by atoms with Gasteiger partial charge in [0.2, 0.25) is 0 Å². The molecule has 0 saturated heterocycles. The van der Waals surface area contributed by atoms with Crippen LogP contribution >= 0.6 is 0 Å². The van der Waals surface area contributed by atoms with Crippen LogP contribution in [-0.4, -0.2) is 25.4 Å². The van der Waals surface area contributed by atoms with Gasteiger partial charge in [-0.2, -0.15) is 5.10 Å². The zero-order chi connectivity index (χ0) is 21.3. The van der Waals surface area contributed by atoms with Crippen molar-refractivity contribution in [2.24, 2.45) is 7.05 Å². The topological polar surface area (TPSA) is 74.0 Å². The quantitative estimate of drug-likeness (QED) is 0.518. The highest BCUT2D eigenvalue weighted by atomic mass is 16.5. The van der Waals surface area contributed by atoms with Gasteiger partial charge in [-0.1, -0.05) is 23.8 Å². The van der Waals surface area contributed by atoms with Crippen LogP contribution in [0, 0.1) is 13.8 Å². The average molecular weight is 403 g/mol. The van der Waals surface area contributed by atoms with E-state index in [1.807, 2.05) is 35.9 Å². The molecule has 0 saturated carbocycles. The highest BCUT2D eigenvalue weighted by molar-refractivity contribution is 5.88. The Bertz CT molecular complexity index is 1220. The van der Waals surface area contributed by atoms with Gasteiger partial charge in [0.05, 0.1) is 28.7 Å². The number of hydrogen-bond acceptors (Lipinski definition) is 4. The summed E-state index contributed by atoms with van der Waals surface area (Å²) in [6.45, 7) is 7.18. The van der Waals surface area contributed by atoms with E-state index in [1.54, 1.807) is 11.0 Å². The standard InChI is InChI=1S/C23H25N5O2/c1-5-28-14-24-21-11-17(7-9-22(21)28)25-23(29)30-13-18-12-20(26-27(18)4)19-8-6-15(2)10-16(19)3/h6-12,14H,5,13H2,1-4H3,(H,25,29). The number of carbonyl (C=O) groups is 1. The van der Waals surface area contributed by atoms with Crippen LogP contribution in [0.4, 0.5) is 10.5 Å². The van der Waals surface area contributed by atoms with Gasteiger partial charge in [-0.25, -0.2) is 9.78 Å². The van der Waals surface area contributed by atoms with Crippen molar-refractivity contribution in [1.82, 2.24) is 19.3 Å². The van der Waals surface area contributed by atoms with E-state index in [0.717, 1.165) is 34.5 Å². The van der Waals surface area contributed by atoms with E-state index in [9.17, 15) is 4.79 Å². The second-order valence-corrected chi connectivity index (χ2v) is 7.40. The molecular formula is C23H25N5O2. The fourth-order valence-electron chi connectivity index (χ4n) is 3.56. The van der Waals surface area contributed by atoms with Crippen LogP contribution in [0.15, 0.2) is 48.8 Å². The first kappa shape index (κ1) is 19.7. The van der Waals surface area contributed by atoms with Gasteiger partial charge in [0, 0.05) is 24.8 Å². The van der Waals surface area contributed by atoms with Crippen molar-refractivity contribution in [2.45, 2.75) is 33.9 Å². The maximum Gasteiger partial charge on any atom is 0.412 e. The molecule has 7 heteroatoms. The summed E-state index contributed by atoms with van der Waals surface area (Å²) in [5, 5.41) is 7.34. The highest BCUT2D eigenvalue weighted by Gasteiger charge is 2.12. The number of aryl methyl sites for hydroxylation is 4. The van der Waals surface area contributed by atoms with Crippen molar-refractivity contribution in [3.63, 3.8) is 0 Å². The molecule has 0 unspecified atom stereocenters. The minimum Gasteiger partial charge on any atom is -0.443 e. The minimum atomic E-state index is -0.515. The zero-order valence-corrected chi connectivity index (χ0v) is 17.6. The molecule has 0 spiro atoms. The molecule has 0 aliphatic rings. The lowest BCUT2D eigenvalue weighted by Gasteiger charge is -2.07. The molecule has 1 amide bonds. The van der Waals surface area contributed by atoms with Crippen LogP contribution in [-0.2, 0) is 24.9 Å². The van der Waals surface area contributed by atoms with Crippen LogP contribution in [0.3, 0.4) is 0 Å². The summed E-state index contributed by atoms with van der Waals surface area (Å²) in [6.07, 6.45) is 1.28. The fraction of sp³-hybridized carbons (Fsp3) is 0.261. The molecule has 4 aromatic rings. The number of imidazole rings is 1. The predicted molar refractivity (Wildman–Crippen MR) is 117 cm³/mol. The molecule has 2 heterocycles. The number of nitrogens with zero attached hydrogens (tertiary/aromatic N) is 4. The van der Waals surface area contributed by atoms with E-state index in [2.05, 4.69) is 54.4 Å². The van der Waals surface area contributed by atoms with Gasteiger partial charge >= 0.3 is 6.09 Å². The third kappa shape index (κ3) is 3.91. The number of aromatic nitrogens is 4. The highest BCUT2D eigenvalue weighted by Crippen LogP contribution is 2.24. The van der Waals surface area contributed by atoms with Gasteiger partial charge in [0.15, 0.2) is 0 Å². The Morgan fingerprint density at radius 2 is 1.97 bits per heavy atom. The molecule has 0 aliphatic carbocycles. The van der Waals surface area contributed by atoms with Crippen molar-refractivity contribution in [2.75, 3.05) is 5.32 Å². The smallest absolute Gasteiger partial charge is 0.412 e. The maximum atomic E-state index is 12.3. The summed E-state index contributed by atoms with van der Waals surface area (Å²) in [7, 11) is 1.85. The first-order chi connectivity index (χ1) is 14.4. The van der Waals surface area contributed by atoms with Crippen molar-refractivity contribution in [3.05, 3.63) is 65.6 Å². The molecule has 0 aliphatic heterocycles. The zero-order valence-electron chi connectivity index (χ0n) is 17.6. The van der Waals surface area contributed by atoms with E-state index in [0.29, 0.717) is 5.69 Å². The number of nitrogens with one attached hydrogen (secondary N) is 1. The third-order valence-corrected chi connectivity index (χ3v) is 5.19. The number of carbonyl (C=O) groups excluding carboxylic acids is 1. The van der Waals surface area contributed by atoms with Crippen molar-refractivity contribution < 1.29 is 9.53 Å². The van der Waals surface area contributed by atoms with Gasteiger partial charge in [0.1, 0.15) is 6.61 Å². The molecule has 4 rings (SSSR count). The van der Waals surface area contributed by atoms with E-state index in [1.165, 1.54) is 11.1 Å². The van der Waals surface area contributed by atoms with Gasteiger partial charge in [0.25, 0.3) is 0 Å². The average Bonchev–Trinajstić information content (AvgIpc) is 3.29. The number of benzene rings is 2. The summed E-state index contributed by atoms with van der Waals surface area (Å²) in [6, 6.07) is 13.9. The van der Waals surface area contributed by atoms with E-state index >= 15 is 0 Å². The molecule has 30 heavy (non-hydrogen) atoms. The Labute approximate surface area is 175 Å². The number of fused-ring (bicyclic) bond motifs is 1. The second-order valence-electron chi connectivity index (χ2n) is 7.40. The molecule has 2 aromatic carbocycles. The lowest BCUT2D eigenvalue weighted by atomic mass is 10.0. The van der Waals surface area contributed by atoms with Crippen molar-refractivity contribution in [1.29, 1.82) is 0 Å². The second kappa shape index (κ2) is 8.02. The van der Waals surface area contributed by atoms with Crippen molar-refractivity contribution >= 4 is 22.8 Å². The molecule has 0 radical (unpaired) electrons. The molecule has 0 bridgehead atoms. The lowest BCUT2D eigenvalue weighted by Crippen LogP contribution is -2.14. The minimum absolute atomic E-state index is 0.132. The number of ether oxygens (including phenoxy) is 1. The first-order valence-corrected chi connectivity index (χ1v) is 9.94. The van der Waals surface area contributed by atoms with Crippen LogP contribution in [0.5, 0.6) is 0 Å². The van der Waals surface area contributed by atoms with Gasteiger partial charge in [-0.15, -0.1) is 0 Å². The lowest BCUT2D eigenvalue weighted by molar-refractivity contribution is 0.152. The van der Waals surface area contributed by atoms with Crippen LogP contribution in [0.1, 0.15) is 23.7 Å². The molecular weight excluding hydrogens is 378 g/mol. The summed E-state index contributed by atoms with van der Waals surface area (Å²) in [5.74, 6) is 0. The normalized spacial score (nSPS) is 11.1. The van der Waals surface area contributed by atoms with E-state index in [4.69, 9.17) is 4.74 Å². The summed E-state index contributed by atoms with van der Waals surface area (Å²) in [4.78, 5) is 16.6. The fourth-order valence-corrected chi connectivity index (χ4v) is 3.56. The largest absolute Gasteiger partial charge is 0.443 e. The Morgan fingerprint density at radius 1 is 1.13 bits per heavy atom.